The second kappa shape index (κ2) is 9.32. The Morgan fingerprint density at radius 2 is 1.05 bits per heavy atom. The fourth-order valence-corrected chi connectivity index (χ4v) is 9.37. The van der Waals surface area contributed by atoms with E-state index >= 15 is 0 Å². The van der Waals surface area contributed by atoms with Gasteiger partial charge in [0.25, 0.3) is 0 Å². The summed E-state index contributed by atoms with van der Waals surface area (Å²) >= 11 is 0. The molecule has 0 aromatic carbocycles. The van der Waals surface area contributed by atoms with Gasteiger partial charge in [0.15, 0.2) is 0 Å². The van der Waals surface area contributed by atoms with Crippen LogP contribution in [-0.2, 0) is 0 Å². The lowest BCUT2D eigenvalue weighted by Crippen LogP contribution is -2.58. The van der Waals surface area contributed by atoms with Crippen molar-refractivity contribution in [2.45, 2.75) is 90.8 Å². The van der Waals surface area contributed by atoms with Gasteiger partial charge in [-0.15, -0.1) is 0 Å². The predicted molar refractivity (Wildman–Crippen MR) is 95.0 cm³/mol. The Morgan fingerprint density at radius 3 is 1.37 bits per heavy atom. The van der Waals surface area contributed by atoms with Gasteiger partial charge in [-0.2, -0.15) is 0 Å². The average Bonchev–Trinajstić information content (AvgIpc) is 2.47. The highest BCUT2D eigenvalue weighted by Crippen LogP contribution is 2.19. The molecule has 0 saturated carbocycles. The summed E-state index contributed by atoms with van der Waals surface area (Å²) in [5.41, 5.74) is 0. The smallest absolute Gasteiger partial charge is 0.125 e. The van der Waals surface area contributed by atoms with Crippen molar-refractivity contribution < 1.29 is 0 Å². The molecule has 2 nitrogen and oxygen atoms in total. The van der Waals surface area contributed by atoms with E-state index in [4.69, 9.17) is 0 Å². The van der Waals surface area contributed by atoms with Crippen molar-refractivity contribution in [1.29, 1.82) is 0 Å². The monoisotopic (exact) mass is 302 g/mol. The van der Waals surface area contributed by atoms with Gasteiger partial charge in [0, 0.05) is 12.6 Å². The Labute approximate surface area is 124 Å². The maximum Gasteiger partial charge on any atom is 0.125 e. The number of hydrogen-bond acceptors (Lipinski definition) is 2. The lowest BCUT2D eigenvalue weighted by atomic mass is 10.4. The number of rotatable bonds is 11. The van der Waals surface area contributed by atoms with Gasteiger partial charge in [0.2, 0.25) is 0 Å². The minimum atomic E-state index is -1.18. The van der Waals surface area contributed by atoms with Gasteiger partial charge in [-0.25, -0.2) is 0 Å². The zero-order valence-corrected chi connectivity index (χ0v) is 16.5. The lowest BCUT2D eigenvalue weighted by Gasteiger charge is -2.36. The van der Waals surface area contributed by atoms with E-state index in [-0.39, 0.29) is 0 Å². The van der Waals surface area contributed by atoms with Crippen molar-refractivity contribution >= 4 is 16.5 Å². The second-order valence-electron chi connectivity index (χ2n) is 6.11. The van der Waals surface area contributed by atoms with Crippen LogP contribution in [0, 0.1) is 0 Å². The van der Waals surface area contributed by atoms with E-state index in [2.05, 4.69) is 58.4 Å². The quantitative estimate of drug-likeness (QED) is 0.547. The van der Waals surface area contributed by atoms with Crippen molar-refractivity contribution in [3.63, 3.8) is 0 Å². The summed E-state index contributed by atoms with van der Waals surface area (Å²) < 4.78 is 0. The summed E-state index contributed by atoms with van der Waals surface area (Å²) in [6.45, 7) is 17.8. The molecule has 0 saturated heterocycles. The summed E-state index contributed by atoms with van der Waals surface area (Å²) in [6, 6.07) is 8.81. The predicted octanol–water partition coefficient (Wildman–Crippen LogP) is 4.56. The molecule has 4 heteroatoms. The molecule has 0 amide bonds. The first-order valence-corrected chi connectivity index (χ1v) is 13.7. The molecular weight excluding hydrogens is 264 g/mol. The minimum absolute atomic E-state index is 0.628. The fourth-order valence-electron chi connectivity index (χ4n) is 3.12. The van der Waals surface area contributed by atoms with E-state index in [0.29, 0.717) is 6.04 Å². The molecule has 0 aromatic heterocycles. The van der Waals surface area contributed by atoms with Crippen molar-refractivity contribution in [2.24, 2.45) is 0 Å². The van der Waals surface area contributed by atoms with E-state index in [1.807, 2.05) is 0 Å². The van der Waals surface area contributed by atoms with E-state index in [0.717, 1.165) is 6.54 Å². The molecule has 0 aliphatic rings. The van der Waals surface area contributed by atoms with Crippen LogP contribution in [0.15, 0.2) is 0 Å². The van der Waals surface area contributed by atoms with Crippen LogP contribution in [0.3, 0.4) is 0 Å². The summed E-state index contributed by atoms with van der Waals surface area (Å²) in [5.74, 6) is 0. The minimum Gasteiger partial charge on any atom is -0.336 e. The lowest BCUT2D eigenvalue weighted by molar-refractivity contribution is 0.627. The van der Waals surface area contributed by atoms with Gasteiger partial charge in [0.05, 0.1) is 0 Å². The molecule has 2 N–H and O–H groups in total. The highest BCUT2D eigenvalue weighted by atomic mass is 28.3. The van der Waals surface area contributed by atoms with Crippen LogP contribution in [-0.4, -0.2) is 29.1 Å². The second-order valence-corrected chi connectivity index (χ2v) is 16.1. The molecule has 0 spiro atoms. The van der Waals surface area contributed by atoms with Crippen LogP contribution in [0.25, 0.3) is 0 Å². The Morgan fingerprint density at radius 1 is 0.684 bits per heavy atom. The maximum absolute atomic E-state index is 4.02. The standard InChI is InChI=1S/C15H38N2Si2/c1-8-18(9-2,10-3)16-14-15(7)17-19(11-4,12-5)13-6/h15-17H,8-14H2,1-7H3. The zero-order valence-electron chi connectivity index (χ0n) is 14.5. The largest absolute Gasteiger partial charge is 0.336 e. The van der Waals surface area contributed by atoms with E-state index in [1.165, 1.54) is 36.3 Å². The zero-order chi connectivity index (χ0) is 14.9. The Bertz CT molecular complexity index is 210. The highest BCUT2D eigenvalue weighted by Gasteiger charge is 2.30. The van der Waals surface area contributed by atoms with Crippen LogP contribution in [0.2, 0.25) is 36.3 Å². The summed E-state index contributed by atoms with van der Waals surface area (Å²) in [4.78, 5) is 8.00. The van der Waals surface area contributed by atoms with Gasteiger partial charge < -0.3 is 9.96 Å². The third-order valence-corrected chi connectivity index (χ3v) is 15.6. The van der Waals surface area contributed by atoms with Gasteiger partial charge in [-0.3, -0.25) is 0 Å². The molecule has 0 rings (SSSR count). The Balaban J connectivity index is 4.42. The Hall–Kier alpha value is 0.354. The topological polar surface area (TPSA) is 24.1 Å². The molecule has 0 fully saturated rings. The molecule has 0 aliphatic carbocycles. The molecule has 116 valence electrons. The van der Waals surface area contributed by atoms with Gasteiger partial charge in [-0.1, -0.05) is 41.5 Å². The van der Waals surface area contributed by atoms with Crippen LogP contribution in [0.5, 0.6) is 0 Å². The van der Waals surface area contributed by atoms with E-state index in [9.17, 15) is 0 Å². The summed E-state index contributed by atoms with van der Waals surface area (Å²) in [7, 11) is -2.34. The highest BCUT2D eigenvalue weighted by molar-refractivity contribution is 6.78. The van der Waals surface area contributed by atoms with Crippen LogP contribution < -0.4 is 9.96 Å². The molecule has 19 heavy (non-hydrogen) atoms. The van der Waals surface area contributed by atoms with Gasteiger partial charge in [-0.05, 0) is 43.2 Å². The first kappa shape index (κ1) is 19.4. The normalized spacial score (nSPS) is 14.7. The van der Waals surface area contributed by atoms with Crippen LogP contribution >= 0.6 is 0 Å². The molecule has 0 radical (unpaired) electrons. The van der Waals surface area contributed by atoms with Crippen molar-refractivity contribution in [1.82, 2.24) is 9.96 Å². The molecular formula is C15H38N2Si2. The summed E-state index contributed by atoms with van der Waals surface area (Å²) in [5, 5.41) is 0. The van der Waals surface area contributed by atoms with Crippen molar-refractivity contribution in [2.75, 3.05) is 6.54 Å². The third kappa shape index (κ3) is 5.70. The first-order valence-electron chi connectivity index (χ1n) is 8.49. The van der Waals surface area contributed by atoms with Crippen molar-refractivity contribution in [3.05, 3.63) is 0 Å². The van der Waals surface area contributed by atoms with Crippen molar-refractivity contribution in [3.8, 4) is 0 Å². The molecule has 0 bridgehead atoms. The molecule has 1 unspecified atom stereocenters. The van der Waals surface area contributed by atoms with Crippen LogP contribution in [0.4, 0.5) is 0 Å². The third-order valence-electron chi connectivity index (χ3n) is 5.40. The Kier molecular flexibility index (Phi) is 9.49. The summed E-state index contributed by atoms with van der Waals surface area (Å²) in [6.07, 6.45) is 0. The average molecular weight is 303 g/mol. The van der Waals surface area contributed by atoms with E-state index < -0.39 is 16.5 Å². The first-order chi connectivity index (χ1) is 8.96. The molecule has 0 aliphatic heterocycles. The molecule has 0 heterocycles. The van der Waals surface area contributed by atoms with E-state index in [1.54, 1.807) is 0 Å². The maximum atomic E-state index is 4.02. The number of nitrogens with one attached hydrogen (secondary N) is 2. The SMILES string of the molecule is CC[Si](CC)(CC)NCC(C)N[Si](CC)(CC)CC. The van der Waals surface area contributed by atoms with Crippen LogP contribution in [0.1, 0.15) is 48.5 Å². The fraction of sp³-hybridized carbons (Fsp3) is 1.00. The molecule has 1 atom stereocenters. The number of hydrogen-bond donors (Lipinski definition) is 2. The van der Waals surface area contributed by atoms with Gasteiger partial charge >= 0.3 is 0 Å². The molecule has 0 aromatic rings. The van der Waals surface area contributed by atoms with Gasteiger partial charge in [0.1, 0.15) is 16.5 Å².